The van der Waals surface area contributed by atoms with Gasteiger partial charge in [-0.3, -0.25) is 9.36 Å². The number of fused-ring (bicyclic) bond motifs is 1. The maximum Gasteiger partial charge on any atom is 0.320 e. The number of nitrogens with zero attached hydrogens (tertiary/aromatic N) is 2. The van der Waals surface area contributed by atoms with Gasteiger partial charge in [0.15, 0.2) is 0 Å². The van der Waals surface area contributed by atoms with Gasteiger partial charge in [-0.25, -0.2) is 18.1 Å². The van der Waals surface area contributed by atoms with E-state index in [-0.39, 0.29) is 29.2 Å². The molecule has 0 unspecified atom stereocenters. The molecular weight excluding hydrogens is 416 g/mol. The number of aromatic nitrogens is 2. The highest BCUT2D eigenvalue weighted by atomic mass is 32.2. The van der Waals surface area contributed by atoms with E-state index < -0.39 is 28.5 Å². The highest BCUT2D eigenvalue weighted by molar-refractivity contribution is 7.89. The van der Waals surface area contributed by atoms with E-state index >= 15 is 0 Å². The summed E-state index contributed by atoms with van der Waals surface area (Å²) in [6, 6.07) is 12.4. The third-order valence-corrected chi connectivity index (χ3v) is 6.14. The summed E-state index contributed by atoms with van der Waals surface area (Å²) in [7, 11) is -3.87. The molecule has 3 rings (SSSR count). The first-order valence-corrected chi connectivity index (χ1v) is 10.7. The minimum Gasteiger partial charge on any atom is -0.481 e. The Morgan fingerprint density at radius 2 is 1.83 bits per heavy atom. The first-order chi connectivity index (χ1) is 14.2. The molecule has 0 saturated heterocycles. The molecule has 2 aromatic carbocycles. The van der Waals surface area contributed by atoms with Crippen molar-refractivity contribution in [3.8, 4) is 0 Å². The standard InChI is InChI=1S/C20H21F2N3O4S/c1-13(19-24-16-4-2-3-5-17(16)25(19)20(21)22)12-23-30(28,29)15-9-6-14(7-10-15)8-11-18(26)27/h2-7,9-10,13,20,23H,8,11-12H2,1H3,(H,26,27)/t13-/m1/s1. The number of hydrogen-bond acceptors (Lipinski definition) is 4. The molecule has 0 saturated carbocycles. The van der Waals surface area contributed by atoms with Crippen LogP contribution in [-0.2, 0) is 21.2 Å². The lowest BCUT2D eigenvalue weighted by molar-refractivity contribution is -0.136. The Bertz CT molecular complexity index is 1140. The molecule has 2 N–H and O–H groups in total. The van der Waals surface area contributed by atoms with Crippen molar-refractivity contribution in [2.24, 2.45) is 0 Å². The minimum atomic E-state index is -3.87. The number of benzene rings is 2. The van der Waals surface area contributed by atoms with Crippen LogP contribution in [0.3, 0.4) is 0 Å². The number of rotatable bonds is 9. The fourth-order valence-electron chi connectivity index (χ4n) is 3.11. The van der Waals surface area contributed by atoms with E-state index in [0.717, 1.165) is 4.57 Å². The molecule has 30 heavy (non-hydrogen) atoms. The lowest BCUT2D eigenvalue weighted by Gasteiger charge is -2.15. The van der Waals surface area contributed by atoms with Crippen LogP contribution in [0, 0.1) is 0 Å². The van der Waals surface area contributed by atoms with Gasteiger partial charge in [-0.15, -0.1) is 0 Å². The summed E-state index contributed by atoms with van der Waals surface area (Å²) >= 11 is 0. The Kier molecular flexibility index (Phi) is 6.47. The van der Waals surface area contributed by atoms with Crippen LogP contribution in [0.25, 0.3) is 11.0 Å². The van der Waals surface area contributed by atoms with Crippen LogP contribution in [0.4, 0.5) is 8.78 Å². The Labute approximate surface area is 172 Å². The summed E-state index contributed by atoms with van der Waals surface area (Å²) in [5.41, 5.74) is 1.41. The van der Waals surface area contributed by atoms with Crippen molar-refractivity contribution in [1.29, 1.82) is 0 Å². The number of imidazole rings is 1. The van der Waals surface area contributed by atoms with Gasteiger partial charge in [0.05, 0.1) is 15.9 Å². The molecule has 7 nitrogen and oxygen atoms in total. The lowest BCUT2D eigenvalue weighted by atomic mass is 10.1. The number of hydrogen-bond donors (Lipinski definition) is 2. The number of sulfonamides is 1. The Hall–Kier alpha value is -2.85. The Morgan fingerprint density at radius 3 is 2.47 bits per heavy atom. The molecule has 0 radical (unpaired) electrons. The molecule has 160 valence electrons. The van der Waals surface area contributed by atoms with E-state index in [4.69, 9.17) is 5.11 Å². The molecule has 0 aliphatic rings. The topological polar surface area (TPSA) is 101 Å². The maximum atomic E-state index is 13.6. The van der Waals surface area contributed by atoms with Crippen LogP contribution in [0.1, 0.15) is 37.2 Å². The molecule has 3 aromatic rings. The molecule has 10 heteroatoms. The SMILES string of the molecule is C[C@H](CNS(=O)(=O)c1ccc(CCC(=O)O)cc1)c1nc2ccccc2n1C(F)F. The molecule has 0 bridgehead atoms. The van der Waals surface area contributed by atoms with Crippen molar-refractivity contribution >= 4 is 27.0 Å². The number of nitrogens with one attached hydrogen (secondary N) is 1. The van der Waals surface area contributed by atoms with Crippen molar-refractivity contribution in [3.05, 3.63) is 59.9 Å². The predicted octanol–water partition coefficient (Wildman–Crippen LogP) is 3.53. The highest BCUT2D eigenvalue weighted by Crippen LogP contribution is 2.27. The zero-order valence-corrected chi connectivity index (χ0v) is 16.9. The van der Waals surface area contributed by atoms with Gasteiger partial charge >= 0.3 is 12.5 Å². The van der Waals surface area contributed by atoms with Crippen LogP contribution in [0.15, 0.2) is 53.4 Å². The summed E-state index contributed by atoms with van der Waals surface area (Å²) in [6.45, 7) is -1.29. The first kappa shape index (κ1) is 21.8. The second-order valence-electron chi connectivity index (χ2n) is 6.90. The van der Waals surface area contributed by atoms with Crippen LogP contribution in [-0.4, -0.2) is 35.6 Å². The number of carboxylic acids is 1. The zero-order chi connectivity index (χ0) is 21.9. The first-order valence-electron chi connectivity index (χ1n) is 9.24. The highest BCUT2D eigenvalue weighted by Gasteiger charge is 2.23. The van der Waals surface area contributed by atoms with E-state index in [9.17, 15) is 22.0 Å². The van der Waals surface area contributed by atoms with Crippen LogP contribution >= 0.6 is 0 Å². The van der Waals surface area contributed by atoms with Gasteiger partial charge in [0.1, 0.15) is 5.82 Å². The van der Waals surface area contributed by atoms with E-state index in [2.05, 4.69) is 9.71 Å². The van der Waals surface area contributed by atoms with Gasteiger partial charge in [0, 0.05) is 18.9 Å². The second kappa shape index (κ2) is 8.88. The van der Waals surface area contributed by atoms with Crippen LogP contribution < -0.4 is 4.72 Å². The van der Waals surface area contributed by atoms with E-state index in [0.29, 0.717) is 17.5 Å². The lowest BCUT2D eigenvalue weighted by Crippen LogP contribution is -2.28. The summed E-state index contributed by atoms with van der Waals surface area (Å²) < 4.78 is 55.5. The molecular formula is C20H21F2N3O4S. The summed E-state index contributed by atoms with van der Waals surface area (Å²) in [4.78, 5) is 14.9. The van der Waals surface area contributed by atoms with E-state index in [1.54, 1.807) is 43.3 Å². The van der Waals surface area contributed by atoms with Crippen molar-refractivity contribution in [2.75, 3.05) is 6.54 Å². The summed E-state index contributed by atoms with van der Waals surface area (Å²) in [5, 5.41) is 8.71. The molecule has 0 amide bonds. The predicted molar refractivity (Wildman–Crippen MR) is 107 cm³/mol. The number of carbonyl (C=O) groups is 1. The average molecular weight is 437 g/mol. The molecule has 1 aromatic heterocycles. The molecule has 0 fully saturated rings. The second-order valence-corrected chi connectivity index (χ2v) is 8.66. The number of alkyl halides is 2. The van der Waals surface area contributed by atoms with Gasteiger partial charge < -0.3 is 5.11 Å². The zero-order valence-electron chi connectivity index (χ0n) is 16.1. The molecule has 0 aliphatic carbocycles. The van der Waals surface area contributed by atoms with Crippen molar-refractivity contribution in [1.82, 2.24) is 14.3 Å². The van der Waals surface area contributed by atoms with Crippen molar-refractivity contribution in [3.63, 3.8) is 0 Å². The number of carboxylic acid groups (broad SMARTS) is 1. The largest absolute Gasteiger partial charge is 0.481 e. The van der Waals surface area contributed by atoms with Gasteiger partial charge in [0.2, 0.25) is 10.0 Å². The molecule has 0 spiro atoms. The monoisotopic (exact) mass is 437 g/mol. The normalized spacial score (nSPS) is 13.1. The fourth-order valence-corrected chi connectivity index (χ4v) is 4.24. The average Bonchev–Trinajstić information content (AvgIpc) is 3.11. The third kappa shape index (κ3) is 4.82. The van der Waals surface area contributed by atoms with Gasteiger partial charge in [0.25, 0.3) is 0 Å². The van der Waals surface area contributed by atoms with Crippen LogP contribution in [0.2, 0.25) is 0 Å². The quantitative estimate of drug-likeness (QED) is 0.533. The summed E-state index contributed by atoms with van der Waals surface area (Å²) in [5.74, 6) is -1.44. The van der Waals surface area contributed by atoms with Crippen LogP contribution in [0.5, 0.6) is 0 Å². The number of halogens is 2. The van der Waals surface area contributed by atoms with Crippen molar-refractivity contribution in [2.45, 2.75) is 37.1 Å². The third-order valence-electron chi connectivity index (χ3n) is 4.70. The smallest absolute Gasteiger partial charge is 0.320 e. The number of aliphatic carboxylic acids is 1. The van der Waals surface area contributed by atoms with E-state index in [1.165, 1.54) is 12.1 Å². The molecule has 0 aliphatic heterocycles. The number of aryl methyl sites for hydroxylation is 1. The Morgan fingerprint density at radius 1 is 1.17 bits per heavy atom. The van der Waals surface area contributed by atoms with E-state index in [1.807, 2.05) is 0 Å². The molecule has 1 heterocycles. The maximum absolute atomic E-state index is 13.6. The Balaban J connectivity index is 1.74. The summed E-state index contributed by atoms with van der Waals surface area (Å²) in [6.07, 6.45) is 0.247. The number of para-hydroxylation sites is 2. The minimum absolute atomic E-state index is 0.0103. The van der Waals surface area contributed by atoms with Crippen molar-refractivity contribution < 1.29 is 27.1 Å². The van der Waals surface area contributed by atoms with Gasteiger partial charge in [-0.05, 0) is 36.2 Å². The fraction of sp³-hybridized carbons (Fsp3) is 0.300. The van der Waals surface area contributed by atoms with Gasteiger partial charge in [-0.1, -0.05) is 31.2 Å². The van der Waals surface area contributed by atoms with Gasteiger partial charge in [-0.2, -0.15) is 8.78 Å². The molecule has 1 atom stereocenters.